The summed E-state index contributed by atoms with van der Waals surface area (Å²) in [5, 5.41) is 39.3. The third kappa shape index (κ3) is 3.55. The number of hydrogen-bond donors (Lipinski definition) is 4. The molecule has 4 N–H and O–H groups in total. The maximum Gasteiger partial charge on any atom is 0.248 e. The van der Waals surface area contributed by atoms with E-state index in [2.05, 4.69) is 27.0 Å². The van der Waals surface area contributed by atoms with E-state index in [9.17, 15) is 20.1 Å². The first kappa shape index (κ1) is 20.4. The highest BCUT2D eigenvalue weighted by Crippen LogP contribution is 2.37. The largest absolute Gasteiger partial charge is 0.387 e. The van der Waals surface area contributed by atoms with E-state index in [1.165, 1.54) is 17.2 Å². The standard InChI is InChI=1S/C19H18ClN5O5/c1-2-12(26)24-17-11-7-23-25(18(11)22-8-21-17)19-15(29)14(28)16(30-19)13(27)9-3-5-10(20)6-4-9/h2-8,13-16,19,27-29H,1H2,(H,21,22,24,26)/t13-,14+,15-,16-,19-/m1/s1. The van der Waals surface area contributed by atoms with Crippen molar-refractivity contribution in [1.29, 1.82) is 0 Å². The van der Waals surface area contributed by atoms with Gasteiger partial charge in [-0.15, -0.1) is 0 Å². The second-order valence-corrected chi connectivity index (χ2v) is 7.15. The molecule has 1 aromatic carbocycles. The van der Waals surface area contributed by atoms with Crippen molar-refractivity contribution >= 4 is 34.4 Å². The monoisotopic (exact) mass is 431 g/mol. The summed E-state index contributed by atoms with van der Waals surface area (Å²) in [5.41, 5.74) is 0.737. The zero-order chi connectivity index (χ0) is 21.4. The molecule has 1 saturated heterocycles. The average molecular weight is 432 g/mol. The third-order valence-corrected chi connectivity index (χ3v) is 5.11. The molecule has 0 spiro atoms. The maximum absolute atomic E-state index is 11.6. The van der Waals surface area contributed by atoms with Gasteiger partial charge < -0.3 is 25.4 Å². The molecule has 5 atom stereocenters. The van der Waals surface area contributed by atoms with Crippen LogP contribution in [0.2, 0.25) is 5.02 Å². The predicted molar refractivity (Wildman–Crippen MR) is 106 cm³/mol. The fourth-order valence-corrected chi connectivity index (χ4v) is 3.44. The molecule has 3 aromatic rings. The normalized spacial score (nSPS) is 24.7. The molecule has 1 aliphatic heterocycles. The highest BCUT2D eigenvalue weighted by Gasteiger charge is 2.48. The number of ether oxygens (including phenoxy) is 1. The topological polar surface area (TPSA) is 143 Å². The number of fused-ring (bicyclic) bond motifs is 1. The van der Waals surface area contributed by atoms with E-state index < -0.39 is 36.6 Å². The van der Waals surface area contributed by atoms with Gasteiger partial charge in [-0.3, -0.25) is 4.79 Å². The van der Waals surface area contributed by atoms with Gasteiger partial charge in [0, 0.05) is 5.02 Å². The molecule has 156 valence electrons. The predicted octanol–water partition coefficient (Wildman–Crippen LogP) is 0.957. The first-order valence-electron chi connectivity index (χ1n) is 8.97. The lowest BCUT2D eigenvalue weighted by Gasteiger charge is -2.21. The maximum atomic E-state index is 11.6. The van der Waals surface area contributed by atoms with Gasteiger partial charge >= 0.3 is 0 Å². The summed E-state index contributed by atoms with van der Waals surface area (Å²) >= 11 is 5.87. The molecule has 11 heteroatoms. The molecule has 3 heterocycles. The molecular weight excluding hydrogens is 414 g/mol. The second-order valence-electron chi connectivity index (χ2n) is 6.71. The number of halogens is 1. The number of amides is 1. The lowest BCUT2D eigenvalue weighted by molar-refractivity contribution is -0.111. The van der Waals surface area contributed by atoms with Crippen molar-refractivity contribution in [2.24, 2.45) is 0 Å². The minimum Gasteiger partial charge on any atom is -0.387 e. The van der Waals surface area contributed by atoms with Gasteiger partial charge in [-0.2, -0.15) is 5.10 Å². The van der Waals surface area contributed by atoms with E-state index in [0.717, 1.165) is 6.08 Å². The Balaban J connectivity index is 1.64. The Morgan fingerprint density at radius 3 is 2.70 bits per heavy atom. The fourth-order valence-electron chi connectivity index (χ4n) is 3.31. The minimum atomic E-state index is -1.39. The Labute approximate surface area is 175 Å². The first-order valence-corrected chi connectivity index (χ1v) is 9.35. The molecule has 0 aliphatic carbocycles. The summed E-state index contributed by atoms with van der Waals surface area (Å²) in [6, 6.07) is 6.42. The van der Waals surface area contributed by atoms with Gasteiger partial charge in [0.25, 0.3) is 0 Å². The fraction of sp³-hybridized carbons (Fsp3) is 0.263. The Morgan fingerprint density at radius 1 is 1.27 bits per heavy atom. The van der Waals surface area contributed by atoms with Crippen molar-refractivity contribution in [3.05, 3.63) is 60.0 Å². The number of nitrogens with one attached hydrogen (secondary N) is 1. The van der Waals surface area contributed by atoms with Gasteiger partial charge in [-0.1, -0.05) is 30.3 Å². The first-order chi connectivity index (χ1) is 14.4. The molecule has 0 unspecified atom stereocenters. The van der Waals surface area contributed by atoms with Crippen LogP contribution in [-0.4, -0.2) is 59.3 Å². The smallest absolute Gasteiger partial charge is 0.248 e. The number of benzene rings is 1. The number of carbonyl (C=O) groups excluding carboxylic acids is 1. The van der Waals surface area contributed by atoms with Gasteiger partial charge in [-0.05, 0) is 23.8 Å². The van der Waals surface area contributed by atoms with Crippen LogP contribution in [0.3, 0.4) is 0 Å². The summed E-state index contributed by atoms with van der Waals surface area (Å²) in [4.78, 5) is 19.8. The van der Waals surface area contributed by atoms with Crippen LogP contribution in [0.5, 0.6) is 0 Å². The van der Waals surface area contributed by atoms with Crippen molar-refractivity contribution in [3.8, 4) is 0 Å². The number of aliphatic hydroxyl groups excluding tert-OH is 3. The van der Waals surface area contributed by atoms with Gasteiger partial charge in [0.15, 0.2) is 11.9 Å². The summed E-state index contributed by atoms with van der Waals surface area (Å²) in [7, 11) is 0. The molecule has 0 radical (unpaired) electrons. The zero-order valence-electron chi connectivity index (χ0n) is 15.5. The SMILES string of the molecule is C=CC(=O)Nc1ncnc2c1cnn2[C@@H]1O[C@H]([C@H](O)c2ccc(Cl)cc2)[C@@H](O)[C@H]1O. The van der Waals surface area contributed by atoms with Crippen LogP contribution in [0.1, 0.15) is 17.9 Å². The average Bonchev–Trinajstić information content (AvgIpc) is 3.30. The van der Waals surface area contributed by atoms with Gasteiger partial charge in [0.1, 0.15) is 36.6 Å². The minimum absolute atomic E-state index is 0.210. The Kier molecular flexibility index (Phi) is 5.50. The van der Waals surface area contributed by atoms with E-state index in [0.29, 0.717) is 16.0 Å². The zero-order valence-corrected chi connectivity index (χ0v) is 16.2. The molecule has 2 aromatic heterocycles. The van der Waals surface area contributed by atoms with Crippen LogP contribution in [0.25, 0.3) is 11.0 Å². The van der Waals surface area contributed by atoms with Crippen LogP contribution in [0, 0.1) is 0 Å². The number of carbonyl (C=O) groups is 1. The highest BCUT2D eigenvalue weighted by atomic mass is 35.5. The number of aromatic nitrogens is 4. The lowest BCUT2D eigenvalue weighted by atomic mass is 9.99. The summed E-state index contributed by atoms with van der Waals surface area (Å²) < 4.78 is 7.05. The Morgan fingerprint density at radius 2 is 2.00 bits per heavy atom. The van der Waals surface area contributed by atoms with Crippen LogP contribution in [0.4, 0.5) is 5.82 Å². The summed E-state index contributed by atoms with van der Waals surface area (Å²) in [6.07, 6.45) is -2.51. The summed E-state index contributed by atoms with van der Waals surface area (Å²) in [6.45, 7) is 3.39. The van der Waals surface area contributed by atoms with Crippen molar-refractivity contribution < 1.29 is 24.9 Å². The third-order valence-electron chi connectivity index (χ3n) is 4.86. The molecule has 30 heavy (non-hydrogen) atoms. The van der Waals surface area contributed by atoms with Crippen molar-refractivity contribution in [3.63, 3.8) is 0 Å². The van der Waals surface area contributed by atoms with Crippen LogP contribution < -0.4 is 5.32 Å². The molecule has 10 nitrogen and oxygen atoms in total. The van der Waals surface area contributed by atoms with Gasteiger partial charge in [0.2, 0.25) is 5.91 Å². The number of rotatable bonds is 5. The Bertz CT molecular complexity index is 1090. The second kappa shape index (κ2) is 8.09. The quantitative estimate of drug-likeness (QED) is 0.437. The molecule has 1 aliphatic rings. The highest BCUT2D eigenvalue weighted by molar-refractivity contribution is 6.30. The molecular formula is C19H18ClN5O5. The summed E-state index contributed by atoms with van der Waals surface area (Å²) in [5.74, 6) is -0.247. The number of nitrogens with zero attached hydrogens (tertiary/aromatic N) is 4. The van der Waals surface area contributed by atoms with E-state index in [4.69, 9.17) is 16.3 Å². The lowest BCUT2D eigenvalue weighted by Crippen LogP contribution is -2.35. The van der Waals surface area contributed by atoms with E-state index >= 15 is 0 Å². The van der Waals surface area contributed by atoms with Crippen LogP contribution in [0.15, 0.2) is 49.4 Å². The Hall–Kier alpha value is -2.89. The molecule has 1 amide bonds. The van der Waals surface area contributed by atoms with E-state index in [1.807, 2.05) is 0 Å². The molecule has 1 fully saturated rings. The number of hydrogen-bond acceptors (Lipinski definition) is 8. The van der Waals surface area contributed by atoms with Gasteiger partial charge in [-0.25, -0.2) is 14.6 Å². The van der Waals surface area contributed by atoms with Crippen molar-refractivity contribution in [2.75, 3.05) is 5.32 Å². The number of aliphatic hydroxyl groups is 3. The molecule has 0 bridgehead atoms. The van der Waals surface area contributed by atoms with Crippen LogP contribution in [-0.2, 0) is 9.53 Å². The molecule has 0 saturated carbocycles. The molecule has 4 rings (SSSR count). The van der Waals surface area contributed by atoms with E-state index in [-0.39, 0.29) is 11.5 Å². The van der Waals surface area contributed by atoms with Crippen molar-refractivity contribution in [1.82, 2.24) is 19.7 Å². The van der Waals surface area contributed by atoms with E-state index in [1.54, 1.807) is 24.3 Å². The van der Waals surface area contributed by atoms with Crippen molar-refractivity contribution in [2.45, 2.75) is 30.6 Å². The number of anilines is 1. The van der Waals surface area contributed by atoms with Crippen LogP contribution >= 0.6 is 11.6 Å². The van der Waals surface area contributed by atoms with Gasteiger partial charge in [0.05, 0.1) is 11.6 Å².